The molecule has 23 heavy (non-hydrogen) atoms. The van der Waals surface area contributed by atoms with Crippen LogP contribution in [0.25, 0.3) is 11.0 Å². The van der Waals surface area contributed by atoms with E-state index in [9.17, 15) is 4.79 Å². The van der Waals surface area contributed by atoms with Gasteiger partial charge in [0.15, 0.2) is 11.3 Å². The summed E-state index contributed by atoms with van der Waals surface area (Å²) in [6.45, 7) is 4.68. The molecule has 1 heterocycles. The molecule has 2 atom stereocenters. The van der Waals surface area contributed by atoms with E-state index in [1.807, 2.05) is 38.1 Å². The summed E-state index contributed by atoms with van der Waals surface area (Å²) in [5.74, 6) is 1.26. The van der Waals surface area contributed by atoms with Crippen molar-refractivity contribution in [2.45, 2.75) is 32.4 Å². The first kappa shape index (κ1) is 17.3. The minimum absolute atomic E-state index is 0.125. The molecule has 2 rings (SSSR count). The van der Waals surface area contributed by atoms with Crippen LogP contribution in [-0.2, 0) is 9.53 Å². The highest BCUT2D eigenvalue weighted by molar-refractivity contribution is 5.84. The van der Waals surface area contributed by atoms with Gasteiger partial charge in [-0.1, -0.05) is 12.1 Å². The van der Waals surface area contributed by atoms with Crippen molar-refractivity contribution >= 4 is 16.9 Å². The molecule has 0 bridgehead atoms. The third-order valence-corrected chi connectivity index (χ3v) is 3.64. The minimum Gasteiger partial charge on any atom is -0.490 e. The van der Waals surface area contributed by atoms with Crippen LogP contribution in [0.3, 0.4) is 0 Å². The number of carbonyl (C=O) groups excluding carboxylic acids is 1. The second kappa shape index (κ2) is 7.99. The molecule has 0 aliphatic carbocycles. The fourth-order valence-electron chi connectivity index (χ4n) is 2.38. The van der Waals surface area contributed by atoms with Gasteiger partial charge in [-0.05, 0) is 26.0 Å². The van der Waals surface area contributed by atoms with Gasteiger partial charge in [-0.2, -0.15) is 0 Å². The summed E-state index contributed by atoms with van der Waals surface area (Å²) in [5.41, 5.74) is 6.23. The van der Waals surface area contributed by atoms with E-state index in [0.717, 1.165) is 5.39 Å². The molecule has 0 saturated carbocycles. The van der Waals surface area contributed by atoms with Crippen molar-refractivity contribution < 1.29 is 18.7 Å². The Morgan fingerprint density at radius 2 is 2.22 bits per heavy atom. The molecule has 2 unspecified atom stereocenters. The Hall–Kier alpha value is -2.05. The van der Waals surface area contributed by atoms with Gasteiger partial charge in [-0.3, -0.25) is 4.79 Å². The number of benzene rings is 1. The van der Waals surface area contributed by atoms with E-state index in [0.29, 0.717) is 30.2 Å². The predicted molar refractivity (Wildman–Crippen MR) is 88.4 cm³/mol. The van der Waals surface area contributed by atoms with Crippen LogP contribution in [0.1, 0.15) is 32.1 Å². The first-order valence-corrected chi connectivity index (χ1v) is 7.76. The SMILES string of the molecule is CCOc1cccc2cc(C(C)NC(=O)CC(CN)OC)oc12. The maximum absolute atomic E-state index is 12.0. The van der Waals surface area contributed by atoms with Gasteiger partial charge in [0.1, 0.15) is 5.76 Å². The van der Waals surface area contributed by atoms with Crippen LogP contribution >= 0.6 is 0 Å². The van der Waals surface area contributed by atoms with Gasteiger partial charge in [0.2, 0.25) is 5.91 Å². The number of hydrogen-bond acceptors (Lipinski definition) is 5. The zero-order valence-electron chi connectivity index (χ0n) is 13.8. The molecule has 0 aliphatic rings. The summed E-state index contributed by atoms with van der Waals surface area (Å²) in [6, 6.07) is 7.40. The maximum atomic E-state index is 12.0. The van der Waals surface area contributed by atoms with Gasteiger partial charge in [0.05, 0.1) is 25.2 Å². The number of hydrogen-bond donors (Lipinski definition) is 2. The summed E-state index contributed by atoms with van der Waals surface area (Å²) < 4.78 is 16.6. The lowest BCUT2D eigenvalue weighted by atomic mass is 10.2. The highest BCUT2D eigenvalue weighted by Gasteiger charge is 2.18. The van der Waals surface area contributed by atoms with E-state index < -0.39 is 0 Å². The first-order chi connectivity index (χ1) is 11.1. The Bertz CT molecular complexity index is 649. The Labute approximate surface area is 135 Å². The molecule has 1 aromatic carbocycles. The molecule has 6 nitrogen and oxygen atoms in total. The Balaban J connectivity index is 2.10. The fraction of sp³-hybridized carbons (Fsp3) is 0.471. The number of nitrogens with two attached hydrogens (primary N) is 1. The van der Waals surface area contributed by atoms with Crippen molar-refractivity contribution in [3.63, 3.8) is 0 Å². The lowest BCUT2D eigenvalue weighted by molar-refractivity contribution is -0.124. The molecular formula is C17H24N2O4. The summed E-state index contributed by atoms with van der Waals surface area (Å²) in [4.78, 5) is 12.0. The lowest BCUT2D eigenvalue weighted by Crippen LogP contribution is -2.33. The van der Waals surface area contributed by atoms with Crippen LogP contribution in [0.15, 0.2) is 28.7 Å². The number of ether oxygens (including phenoxy) is 2. The lowest BCUT2D eigenvalue weighted by Gasteiger charge is -2.15. The number of rotatable bonds is 8. The van der Waals surface area contributed by atoms with Crippen molar-refractivity contribution in [1.82, 2.24) is 5.32 Å². The molecular weight excluding hydrogens is 296 g/mol. The third kappa shape index (κ3) is 4.24. The molecule has 3 N–H and O–H groups in total. The van der Waals surface area contributed by atoms with Gasteiger partial charge < -0.3 is 24.9 Å². The average Bonchev–Trinajstić information content (AvgIpc) is 2.98. The third-order valence-electron chi connectivity index (χ3n) is 3.64. The van der Waals surface area contributed by atoms with Gasteiger partial charge in [-0.15, -0.1) is 0 Å². The van der Waals surface area contributed by atoms with E-state index >= 15 is 0 Å². The second-order valence-corrected chi connectivity index (χ2v) is 5.34. The first-order valence-electron chi connectivity index (χ1n) is 7.76. The minimum atomic E-state index is -0.276. The molecule has 0 spiro atoms. The van der Waals surface area contributed by atoms with Gasteiger partial charge in [0, 0.05) is 19.0 Å². The smallest absolute Gasteiger partial charge is 0.223 e. The Morgan fingerprint density at radius 1 is 1.43 bits per heavy atom. The topological polar surface area (TPSA) is 86.7 Å². The second-order valence-electron chi connectivity index (χ2n) is 5.34. The molecule has 1 aromatic heterocycles. The van der Waals surface area contributed by atoms with Crippen molar-refractivity contribution in [3.8, 4) is 5.75 Å². The van der Waals surface area contributed by atoms with Crippen molar-refractivity contribution in [3.05, 3.63) is 30.0 Å². The number of fused-ring (bicyclic) bond motifs is 1. The molecule has 2 aromatic rings. The van der Waals surface area contributed by atoms with Crippen molar-refractivity contribution in [2.24, 2.45) is 5.73 Å². The Morgan fingerprint density at radius 3 is 2.87 bits per heavy atom. The van der Waals surface area contributed by atoms with E-state index in [1.54, 1.807) is 7.11 Å². The highest BCUT2D eigenvalue weighted by atomic mass is 16.5. The summed E-state index contributed by atoms with van der Waals surface area (Å²) >= 11 is 0. The summed E-state index contributed by atoms with van der Waals surface area (Å²) in [6.07, 6.45) is -0.0516. The fourth-order valence-corrected chi connectivity index (χ4v) is 2.38. The van der Waals surface area contributed by atoms with E-state index in [4.69, 9.17) is 19.6 Å². The number of para-hydroxylation sites is 1. The van der Waals surface area contributed by atoms with Crippen molar-refractivity contribution in [2.75, 3.05) is 20.3 Å². The van der Waals surface area contributed by atoms with Crippen LogP contribution in [0.2, 0.25) is 0 Å². The van der Waals surface area contributed by atoms with Crippen LogP contribution in [0.4, 0.5) is 0 Å². The molecule has 126 valence electrons. The van der Waals surface area contributed by atoms with Crippen LogP contribution in [0, 0.1) is 0 Å². The van der Waals surface area contributed by atoms with Gasteiger partial charge >= 0.3 is 0 Å². The highest BCUT2D eigenvalue weighted by Crippen LogP contribution is 2.31. The van der Waals surface area contributed by atoms with E-state index in [2.05, 4.69) is 5.32 Å². The number of amides is 1. The maximum Gasteiger partial charge on any atom is 0.223 e. The number of methoxy groups -OCH3 is 1. The molecule has 1 amide bonds. The van der Waals surface area contributed by atoms with Crippen LogP contribution in [0.5, 0.6) is 5.75 Å². The van der Waals surface area contributed by atoms with Crippen LogP contribution < -0.4 is 15.8 Å². The predicted octanol–water partition coefficient (Wildman–Crippen LogP) is 2.37. The number of carbonyl (C=O) groups is 1. The number of furan rings is 1. The van der Waals surface area contributed by atoms with Crippen LogP contribution in [-0.4, -0.2) is 32.3 Å². The van der Waals surface area contributed by atoms with Gasteiger partial charge in [0.25, 0.3) is 0 Å². The Kier molecular flexibility index (Phi) is 6.01. The average molecular weight is 320 g/mol. The zero-order valence-corrected chi connectivity index (χ0v) is 13.8. The largest absolute Gasteiger partial charge is 0.490 e. The molecule has 0 fully saturated rings. The summed E-state index contributed by atoms with van der Waals surface area (Å²) in [7, 11) is 1.54. The monoisotopic (exact) mass is 320 g/mol. The molecule has 0 saturated heterocycles. The summed E-state index contributed by atoms with van der Waals surface area (Å²) in [5, 5.41) is 3.85. The zero-order chi connectivity index (χ0) is 16.8. The number of nitrogens with one attached hydrogen (secondary N) is 1. The van der Waals surface area contributed by atoms with Crippen molar-refractivity contribution in [1.29, 1.82) is 0 Å². The van der Waals surface area contributed by atoms with E-state index in [1.165, 1.54) is 0 Å². The quantitative estimate of drug-likeness (QED) is 0.780. The molecule has 0 aliphatic heterocycles. The standard InChI is InChI=1S/C17H24N2O4/c1-4-22-14-7-5-6-12-8-15(23-17(12)14)11(2)19-16(20)9-13(10-18)21-3/h5-8,11,13H,4,9-10,18H2,1-3H3,(H,19,20). The van der Waals surface area contributed by atoms with E-state index in [-0.39, 0.29) is 24.5 Å². The normalized spacial score (nSPS) is 13.7. The molecule has 0 radical (unpaired) electrons. The molecule has 6 heteroatoms. The van der Waals surface area contributed by atoms with Gasteiger partial charge in [-0.25, -0.2) is 0 Å².